The minimum absolute atomic E-state index is 0.0730. The van der Waals surface area contributed by atoms with Crippen molar-refractivity contribution >= 4 is 22.5 Å². The molecule has 1 amide bonds. The summed E-state index contributed by atoms with van der Waals surface area (Å²) in [5.74, 6) is 6.57. The van der Waals surface area contributed by atoms with Gasteiger partial charge in [0, 0.05) is 42.4 Å². The number of carbonyl (C=O) groups is 1. The molecule has 0 radical (unpaired) electrons. The van der Waals surface area contributed by atoms with Gasteiger partial charge in [-0.1, -0.05) is 12.1 Å². The van der Waals surface area contributed by atoms with E-state index in [0.29, 0.717) is 12.2 Å². The van der Waals surface area contributed by atoms with Crippen LogP contribution in [0.3, 0.4) is 0 Å². The summed E-state index contributed by atoms with van der Waals surface area (Å²) in [7, 11) is 1.77. The van der Waals surface area contributed by atoms with Crippen LogP contribution in [-0.2, 0) is 0 Å². The van der Waals surface area contributed by atoms with Crippen LogP contribution in [0, 0.1) is 11.8 Å². The van der Waals surface area contributed by atoms with Gasteiger partial charge in [-0.3, -0.25) is 9.78 Å². The molecular formula is C23H22N2O2. The molecule has 4 heteroatoms. The van der Waals surface area contributed by atoms with Gasteiger partial charge in [0.1, 0.15) is 5.75 Å². The van der Waals surface area contributed by atoms with Crippen LogP contribution in [0.2, 0.25) is 0 Å². The first-order valence-electron chi connectivity index (χ1n) is 8.94. The van der Waals surface area contributed by atoms with Crippen LogP contribution in [-0.4, -0.2) is 24.5 Å². The first-order chi connectivity index (χ1) is 13.2. The van der Waals surface area contributed by atoms with Crippen LogP contribution in [0.4, 0.5) is 5.69 Å². The molecular weight excluding hydrogens is 336 g/mol. The van der Waals surface area contributed by atoms with E-state index < -0.39 is 0 Å². The number of benzene rings is 2. The van der Waals surface area contributed by atoms with Crippen LogP contribution in [0.5, 0.6) is 5.75 Å². The molecule has 0 aliphatic rings. The van der Waals surface area contributed by atoms with Gasteiger partial charge in [-0.2, -0.15) is 0 Å². The zero-order valence-corrected chi connectivity index (χ0v) is 15.6. The third-order valence-corrected chi connectivity index (χ3v) is 4.25. The molecule has 0 aliphatic carbocycles. The number of hydrogen-bond donors (Lipinski definition) is 0. The third-order valence-electron chi connectivity index (χ3n) is 4.25. The number of amides is 1. The lowest BCUT2D eigenvalue weighted by Gasteiger charge is -2.18. The monoisotopic (exact) mass is 358 g/mol. The van der Waals surface area contributed by atoms with Crippen LogP contribution < -0.4 is 9.64 Å². The van der Waals surface area contributed by atoms with E-state index in [1.807, 2.05) is 61.5 Å². The average Bonchev–Trinajstić information content (AvgIpc) is 2.72. The number of hydrogen-bond acceptors (Lipinski definition) is 3. The van der Waals surface area contributed by atoms with Crippen molar-refractivity contribution in [1.29, 1.82) is 0 Å². The molecule has 0 fully saturated rings. The van der Waals surface area contributed by atoms with Gasteiger partial charge in [0.2, 0.25) is 0 Å². The van der Waals surface area contributed by atoms with Crippen LogP contribution in [0.15, 0.2) is 60.8 Å². The van der Waals surface area contributed by atoms with Crippen molar-refractivity contribution in [2.24, 2.45) is 0 Å². The summed E-state index contributed by atoms with van der Waals surface area (Å²) in [5, 5.41) is 0.948. The summed E-state index contributed by atoms with van der Waals surface area (Å²) in [4.78, 5) is 18.8. The smallest absolute Gasteiger partial charge is 0.258 e. The van der Waals surface area contributed by atoms with Gasteiger partial charge in [0.15, 0.2) is 0 Å². The standard InChI is InChI=1S/C23H22N2O2/c1-3-4-5-6-15-27-21-11-7-10-20(17-21)25(2)23(26)19-12-13-22-18(16-19)9-8-14-24-22/h7-14,16-17H,5-6,15H2,1-2H3. The number of fused-ring (bicyclic) bond motifs is 1. The zero-order valence-electron chi connectivity index (χ0n) is 15.6. The van der Waals surface area contributed by atoms with E-state index in [4.69, 9.17) is 4.74 Å². The van der Waals surface area contributed by atoms with E-state index >= 15 is 0 Å². The molecule has 0 atom stereocenters. The number of aromatic nitrogens is 1. The first-order valence-corrected chi connectivity index (χ1v) is 8.94. The second-order valence-corrected chi connectivity index (χ2v) is 6.15. The second kappa shape index (κ2) is 8.86. The van der Waals surface area contributed by atoms with E-state index in [-0.39, 0.29) is 5.91 Å². The Bertz CT molecular complexity index is 1000. The summed E-state index contributed by atoms with van der Waals surface area (Å²) in [6, 6.07) is 16.9. The normalized spacial score (nSPS) is 10.1. The molecule has 0 aliphatic heterocycles. The maximum absolute atomic E-state index is 12.9. The van der Waals surface area contributed by atoms with Crippen LogP contribution in [0.25, 0.3) is 10.9 Å². The van der Waals surface area contributed by atoms with Crippen molar-refractivity contribution in [1.82, 2.24) is 4.98 Å². The number of rotatable bonds is 6. The molecule has 27 heavy (non-hydrogen) atoms. The third kappa shape index (κ3) is 4.65. The highest BCUT2D eigenvalue weighted by Gasteiger charge is 2.14. The maximum atomic E-state index is 12.9. The molecule has 0 bridgehead atoms. The Hall–Kier alpha value is -3.32. The Labute approximate surface area is 159 Å². The number of ether oxygens (including phenoxy) is 1. The molecule has 136 valence electrons. The molecule has 2 aromatic carbocycles. The maximum Gasteiger partial charge on any atom is 0.258 e. The molecule has 1 aromatic heterocycles. The second-order valence-electron chi connectivity index (χ2n) is 6.15. The van der Waals surface area contributed by atoms with Gasteiger partial charge in [-0.05, 0) is 49.7 Å². The minimum atomic E-state index is -0.0730. The first kappa shape index (κ1) is 18.5. The molecule has 0 unspecified atom stereocenters. The molecule has 0 spiro atoms. The van der Waals surface area contributed by atoms with Gasteiger partial charge < -0.3 is 9.64 Å². The summed E-state index contributed by atoms with van der Waals surface area (Å²) in [6.07, 6.45) is 3.45. The van der Waals surface area contributed by atoms with Crippen molar-refractivity contribution in [3.63, 3.8) is 0 Å². The van der Waals surface area contributed by atoms with E-state index in [1.54, 1.807) is 18.1 Å². The lowest BCUT2D eigenvalue weighted by molar-refractivity contribution is 0.0993. The Morgan fingerprint density at radius 2 is 2.04 bits per heavy atom. The largest absolute Gasteiger partial charge is 0.493 e. The highest BCUT2D eigenvalue weighted by atomic mass is 16.5. The number of unbranched alkanes of at least 4 members (excludes halogenated alkanes) is 1. The molecule has 0 saturated heterocycles. The minimum Gasteiger partial charge on any atom is -0.493 e. The Morgan fingerprint density at radius 3 is 2.89 bits per heavy atom. The lowest BCUT2D eigenvalue weighted by Crippen LogP contribution is -2.26. The number of anilines is 1. The number of nitrogens with zero attached hydrogens (tertiary/aromatic N) is 2. The molecule has 1 heterocycles. The fourth-order valence-corrected chi connectivity index (χ4v) is 2.78. The van der Waals surface area contributed by atoms with Crippen molar-refractivity contribution in [3.8, 4) is 17.6 Å². The molecule has 0 saturated carbocycles. The Balaban J connectivity index is 1.71. The summed E-state index contributed by atoms with van der Waals surface area (Å²) >= 11 is 0. The molecule has 3 aromatic rings. The van der Waals surface area contributed by atoms with E-state index in [1.165, 1.54) is 0 Å². The Morgan fingerprint density at radius 1 is 1.15 bits per heavy atom. The quantitative estimate of drug-likeness (QED) is 0.474. The van der Waals surface area contributed by atoms with Gasteiger partial charge in [-0.25, -0.2) is 0 Å². The molecule has 3 rings (SSSR count). The fraction of sp³-hybridized carbons (Fsp3) is 0.217. The number of carbonyl (C=O) groups excluding carboxylic acids is 1. The van der Waals surface area contributed by atoms with E-state index in [9.17, 15) is 4.79 Å². The highest BCUT2D eigenvalue weighted by molar-refractivity contribution is 6.07. The summed E-state index contributed by atoms with van der Waals surface area (Å²) in [6.45, 7) is 2.44. The van der Waals surface area contributed by atoms with Crippen molar-refractivity contribution in [2.75, 3.05) is 18.6 Å². The van der Waals surface area contributed by atoms with Crippen LogP contribution in [0.1, 0.15) is 30.1 Å². The van der Waals surface area contributed by atoms with Crippen molar-refractivity contribution in [2.45, 2.75) is 19.8 Å². The zero-order chi connectivity index (χ0) is 19.1. The van der Waals surface area contributed by atoms with Gasteiger partial charge >= 0.3 is 0 Å². The lowest BCUT2D eigenvalue weighted by atomic mass is 10.1. The van der Waals surface area contributed by atoms with E-state index in [2.05, 4.69) is 16.8 Å². The van der Waals surface area contributed by atoms with Gasteiger partial charge in [0.05, 0.1) is 12.1 Å². The van der Waals surface area contributed by atoms with Crippen LogP contribution >= 0.6 is 0 Å². The Kier molecular flexibility index (Phi) is 6.06. The topological polar surface area (TPSA) is 42.4 Å². The average molecular weight is 358 g/mol. The summed E-state index contributed by atoms with van der Waals surface area (Å²) < 4.78 is 5.77. The summed E-state index contributed by atoms with van der Waals surface area (Å²) in [5.41, 5.74) is 2.29. The number of pyridine rings is 1. The molecule has 0 N–H and O–H groups in total. The van der Waals surface area contributed by atoms with E-state index in [0.717, 1.165) is 35.2 Å². The van der Waals surface area contributed by atoms with Gasteiger partial charge in [-0.15, -0.1) is 11.8 Å². The predicted molar refractivity (Wildman–Crippen MR) is 109 cm³/mol. The SMILES string of the molecule is CC#CCCCOc1cccc(N(C)C(=O)c2ccc3ncccc3c2)c1. The van der Waals surface area contributed by atoms with Crippen molar-refractivity contribution in [3.05, 3.63) is 66.4 Å². The van der Waals surface area contributed by atoms with Gasteiger partial charge in [0.25, 0.3) is 5.91 Å². The fourth-order valence-electron chi connectivity index (χ4n) is 2.78. The predicted octanol–water partition coefficient (Wildman–Crippen LogP) is 4.69. The highest BCUT2D eigenvalue weighted by Crippen LogP contribution is 2.23. The van der Waals surface area contributed by atoms with Crippen molar-refractivity contribution < 1.29 is 9.53 Å². The molecule has 4 nitrogen and oxygen atoms in total.